The lowest BCUT2D eigenvalue weighted by Crippen LogP contribution is -2.35. The number of aryl methyl sites for hydroxylation is 1. The van der Waals surface area contributed by atoms with Crippen LogP contribution in [-0.4, -0.2) is 30.1 Å². The number of benzene rings is 2. The Balaban J connectivity index is 1.69. The van der Waals surface area contributed by atoms with Crippen molar-refractivity contribution in [1.82, 2.24) is 10.6 Å². The number of hydrogen-bond acceptors (Lipinski definition) is 4. The molecule has 0 atom stereocenters. The van der Waals surface area contributed by atoms with Crippen LogP contribution in [0.3, 0.4) is 0 Å². The Bertz CT molecular complexity index is 885. The zero-order valence-electron chi connectivity index (χ0n) is 18.6. The van der Waals surface area contributed by atoms with Crippen LogP contribution >= 0.6 is 0 Å². The van der Waals surface area contributed by atoms with Crippen molar-refractivity contribution in [3.05, 3.63) is 65.2 Å². The smallest absolute Gasteiger partial charge is 0.407 e. The van der Waals surface area contributed by atoms with Gasteiger partial charge in [0.15, 0.2) is 0 Å². The van der Waals surface area contributed by atoms with Gasteiger partial charge in [-0.1, -0.05) is 42.0 Å². The van der Waals surface area contributed by atoms with Crippen LogP contribution in [0.15, 0.2) is 48.5 Å². The van der Waals surface area contributed by atoms with Crippen LogP contribution in [0.5, 0.6) is 0 Å². The van der Waals surface area contributed by atoms with E-state index in [1.165, 1.54) is 0 Å². The van der Waals surface area contributed by atoms with Crippen LogP contribution in [0, 0.1) is 6.92 Å². The van der Waals surface area contributed by atoms with Gasteiger partial charge in [-0.05, 0) is 51.0 Å². The molecule has 2 rings (SSSR count). The van der Waals surface area contributed by atoms with E-state index in [4.69, 9.17) is 4.74 Å². The standard InChI is InChI=1S/C24H31N3O4/c1-17-5-7-18(8-6-17)15-22(29)27-20-11-9-19(10-12-20)16-26-21(28)13-14-25-23(30)31-24(2,3)4/h5-12H,13-16H2,1-4H3,(H,25,30)(H,26,28)(H,27,29). The zero-order valence-corrected chi connectivity index (χ0v) is 18.6. The Kier molecular flexibility index (Phi) is 8.61. The lowest BCUT2D eigenvalue weighted by atomic mass is 10.1. The van der Waals surface area contributed by atoms with E-state index < -0.39 is 11.7 Å². The number of carbonyl (C=O) groups is 3. The second-order valence-corrected chi connectivity index (χ2v) is 8.36. The maximum atomic E-state index is 12.2. The fraction of sp³-hybridized carbons (Fsp3) is 0.375. The first-order valence-corrected chi connectivity index (χ1v) is 10.3. The normalized spacial score (nSPS) is 10.8. The molecule has 0 aromatic heterocycles. The highest BCUT2D eigenvalue weighted by atomic mass is 16.6. The first-order valence-electron chi connectivity index (χ1n) is 10.3. The second-order valence-electron chi connectivity index (χ2n) is 8.36. The van der Waals surface area contributed by atoms with E-state index in [9.17, 15) is 14.4 Å². The molecule has 3 amide bonds. The van der Waals surface area contributed by atoms with Crippen molar-refractivity contribution < 1.29 is 19.1 Å². The predicted octanol–water partition coefficient (Wildman–Crippen LogP) is 3.71. The van der Waals surface area contributed by atoms with Crippen LogP contribution in [0.2, 0.25) is 0 Å². The van der Waals surface area contributed by atoms with E-state index in [1.807, 2.05) is 43.3 Å². The predicted molar refractivity (Wildman–Crippen MR) is 121 cm³/mol. The summed E-state index contributed by atoms with van der Waals surface area (Å²) in [5.41, 5.74) is 3.16. The van der Waals surface area contributed by atoms with Crippen molar-refractivity contribution in [1.29, 1.82) is 0 Å². The molecule has 0 spiro atoms. The number of rotatable bonds is 8. The van der Waals surface area contributed by atoms with Crippen molar-refractivity contribution in [3.63, 3.8) is 0 Å². The van der Waals surface area contributed by atoms with Crippen LogP contribution in [-0.2, 0) is 27.3 Å². The molecule has 0 radical (unpaired) electrons. The van der Waals surface area contributed by atoms with Crippen LogP contribution in [0.25, 0.3) is 0 Å². The summed E-state index contributed by atoms with van der Waals surface area (Å²) < 4.78 is 5.11. The van der Waals surface area contributed by atoms with Gasteiger partial charge in [-0.3, -0.25) is 9.59 Å². The van der Waals surface area contributed by atoms with Crippen molar-refractivity contribution in [2.45, 2.75) is 52.7 Å². The molecule has 2 aromatic carbocycles. The molecule has 0 aliphatic carbocycles. The average Bonchev–Trinajstić information content (AvgIpc) is 2.68. The maximum absolute atomic E-state index is 12.2. The van der Waals surface area contributed by atoms with Gasteiger partial charge >= 0.3 is 6.09 Å². The molecule has 166 valence electrons. The lowest BCUT2D eigenvalue weighted by Gasteiger charge is -2.19. The number of amides is 3. The van der Waals surface area contributed by atoms with Crippen molar-refractivity contribution in [2.24, 2.45) is 0 Å². The van der Waals surface area contributed by atoms with Gasteiger partial charge < -0.3 is 20.7 Å². The zero-order chi connectivity index (χ0) is 22.9. The van der Waals surface area contributed by atoms with E-state index in [2.05, 4.69) is 16.0 Å². The van der Waals surface area contributed by atoms with Gasteiger partial charge in [0.25, 0.3) is 0 Å². The van der Waals surface area contributed by atoms with Gasteiger partial charge in [0.05, 0.1) is 6.42 Å². The first-order chi connectivity index (χ1) is 14.6. The molecule has 0 bridgehead atoms. The van der Waals surface area contributed by atoms with Gasteiger partial charge in [-0.2, -0.15) is 0 Å². The molecular weight excluding hydrogens is 394 g/mol. The monoisotopic (exact) mass is 425 g/mol. The fourth-order valence-corrected chi connectivity index (χ4v) is 2.68. The van der Waals surface area contributed by atoms with Crippen molar-refractivity contribution in [2.75, 3.05) is 11.9 Å². The van der Waals surface area contributed by atoms with Gasteiger partial charge in [0.2, 0.25) is 11.8 Å². The summed E-state index contributed by atoms with van der Waals surface area (Å²) in [6, 6.07) is 15.2. The molecule has 31 heavy (non-hydrogen) atoms. The Morgan fingerprint density at radius 3 is 2.06 bits per heavy atom. The second kappa shape index (κ2) is 11.2. The van der Waals surface area contributed by atoms with Crippen LogP contribution in [0.1, 0.15) is 43.9 Å². The first kappa shape index (κ1) is 23.9. The highest BCUT2D eigenvalue weighted by molar-refractivity contribution is 5.92. The molecule has 7 nitrogen and oxygen atoms in total. The Morgan fingerprint density at radius 1 is 0.839 bits per heavy atom. The summed E-state index contributed by atoms with van der Waals surface area (Å²) in [7, 11) is 0. The number of carbonyl (C=O) groups excluding carboxylic acids is 3. The Labute approximate surface area is 183 Å². The van der Waals surface area contributed by atoms with E-state index in [0.29, 0.717) is 18.7 Å². The quantitative estimate of drug-likeness (QED) is 0.601. The molecule has 0 saturated carbocycles. The highest BCUT2D eigenvalue weighted by Crippen LogP contribution is 2.11. The Morgan fingerprint density at radius 2 is 1.45 bits per heavy atom. The largest absolute Gasteiger partial charge is 0.444 e. The van der Waals surface area contributed by atoms with Crippen LogP contribution in [0.4, 0.5) is 10.5 Å². The van der Waals surface area contributed by atoms with Crippen molar-refractivity contribution >= 4 is 23.6 Å². The molecule has 3 N–H and O–H groups in total. The van der Waals surface area contributed by atoms with Gasteiger partial charge in [0, 0.05) is 25.2 Å². The minimum absolute atomic E-state index is 0.0811. The summed E-state index contributed by atoms with van der Waals surface area (Å²) >= 11 is 0. The SMILES string of the molecule is Cc1ccc(CC(=O)Nc2ccc(CNC(=O)CCNC(=O)OC(C)(C)C)cc2)cc1. The third-order valence-electron chi connectivity index (χ3n) is 4.23. The molecule has 0 heterocycles. The van der Waals surface area contributed by atoms with E-state index in [-0.39, 0.29) is 24.8 Å². The van der Waals surface area contributed by atoms with Gasteiger partial charge in [0.1, 0.15) is 5.60 Å². The van der Waals surface area contributed by atoms with Gasteiger partial charge in [-0.25, -0.2) is 4.79 Å². The number of ether oxygens (including phenoxy) is 1. The number of nitrogens with one attached hydrogen (secondary N) is 3. The maximum Gasteiger partial charge on any atom is 0.407 e. The number of anilines is 1. The van der Waals surface area contributed by atoms with E-state index in [0.717, 1.165) is 16.7 Å². The molecule has 7 heteroatoms. The Hall–Kier alpha value is -3.35. The molecule has 0 unspecified atom stereocenters. The third kappa shape index (κ3) is 9.80. The van der Waals surface area contributed by atoms with Crippen LogP contribution < -0.4 is 16.0 Å². The summed E-state index contributed by atoms with van der Waals surface area (Å²) in [5.74, 6) is -0.256. The molecular formula is C24H31N3O4. The average molecular weight is 426 g/mol. The summed E-state index contributed by atoms with van der Waals surface area (Å²) in [6.45, 7) is 7.91. The van der Waals surface area contributed by atoms with E-state index in [1.54, 1.807) is 32.9 Å². The minimum atomic E-state index is -0.571. The number of alkyl carbamates (subject to hydrolysis) is 1. The molecule has 0 fully saturated rings. The lowest BCUT2D eigenvalue weighted by molar-refractivity contribution is -0.121. The third-order valence-corrected chi connectivity index (χ3v) is 4.23. The minimum Gasteiger partial charge on any atom is -0.444 e. The highest BCUT2D eigenvalue weighted by Gasteiger charge is 2.15. The van der Waals surface area contributed by atoms with E-state index >= 15 is 0 Å². The molecule has 0 saturated heterocycles. The van der Waals surface area contributed by atoms with Gasteiger partial charge in [-0.15, -0.1) is 0 Å². The number of hydrogen-bond donors (Lipinski definition) is 3. The molecule has 0 aliphatic rings. The topological polar surface area (TPSA) is 96.5 Å². The summed E-state index contributed by atoms with van der Waals surface area (Å²) in [4.78, 5) is 35.7. The fourth-order valence-electron chi connectivity index (χ4n) is 2.68. The summed E-state index contributed by atoms with van der Waals surface area (Å²) in [5, 5.41) is 8.22. The van der Waals surface area contributed by atoms with Crippen molar-refractivity contribution in [3.8, 4) is 0 Å². The molecule has 0 aliphatic heterocycles. The molecule has 2 aromatic rings. The summed E-state index contributed by atoms with van der Waals surface area (Å²) in [6.07, 6.45) is -0.0674.